The van der Waals surface area contributed by atoms with Crippen molar-refractivity contribution in [1.29, 1.82) is 0 Å². The molecular formula is C9H18O5. The quantitative estimate of drug-likeness (QED) is 0.445. The SMILES string of the molecule is C=O.OC(O)C1CCC(C(O)O)CC1. The first-order valence-corrected chi connectivity index (χ1v) is 4.62. The van der Waals surface area contributed by atoms with Gasteiger partial charge in [0.05, 0.1) is 0 Å². The van der Waals surface area contributed by atoms with E-state index in [1.165, 1.54) is 0 Å². The predicted molar refractivity (Wildman–Crippen MR) is 49.0 cm³/mol. The minimum absolute atomic E-state index is 0.0833. The summed E-state index contributed by atoms with van der Waals surface area (Å²) < 4.78 is 0. The van der Waals surface area contributed by atoms with Crippen LogP contribution in [-0.4, -0.2) is 39.8 Å². The molecule has 0 radical (unpaired) electrons. The van der Waals surface area contributed by atoms with Crippen LogP contribution in [0.5, 0.6) is 0 Å². The smallest absolute Gasteiger partial charge is 0.154 e. The van der Waals surface area contributed by atoms with E-state index < -0.39 is 12.6 Å². The molecule has 84 valence electrons. The second kappa shape index (κ2) is 6.89. The Morgan fingerprint density at radius 3 is 1.14 bits per heavy atom. The zero-order valence-corrected chi connectivity index (χ0v) is 8.04. The van der Waals surface area contributed by atoms with E-state index in [1.54, 1.807) is 0 Å². The molecule has 0 aromatic carbocycles. The van der Waals surface area contributed by atoms with Gasteiger partial charge in [0.15, 0.2) is 12.6 Å². The molecule has 4 N–H and O–H groups in total. The number of carbonyl (C=O) groups is 1. The Morgan fingerprint density at radius 2 is 1.00 bits per heavy atom. The van der Waals surface area contributed by atoms with Gasteiger partial charge in [0.2, 0.25) is 0 Å². The van der Waals surface area contributed by atoms with Crippen molar-refractivity contribution in [2.24, 2.45) is 11.8 Å². The molecule has 0 saturated heterocycles. The molecule has 0 aliphatic heterocycles. The number of aliphatic hydroxyl groups is 4. The van der Waals surface area contributed by atoms with Gasteiger partial charge in [0, 0.05) is 11.8 Å². The monoisotopic (exact) mass is 206 g/mol. The number of hydrogen-bond donors (Lipinski definition) is 4. The maximum atomic E-state index is 8.83. The first-order chi connectivity index (χ1) is 6.61. The largest absolute Gasteiger partial charge is 0.368 e. The third-order valence-electron chi connectivity index (χ3n) is 2.66. The Morgan fingerprint density at radius 1 is 0.786 bits per heavy atom. The van der Waals surface area contributed by atoms with Gasteiger partial charge in [-0.3, -0.25) is 0 Å². The van der Waals surface area contributed by atoms with Crippen LogP contribution in [-0.2, 0) is 4.79 Å². The van der Waals surface area contributed by atoms with Crippen molar-refractivity contribution in [3.8, 4) is 0 Å². The van der Waals surface area contributed by atoms with E-state index in [2.05, 4.69) is 0 Å². The van der Waals surface area contributed by atoms with Crippen LogP contribution in [0.15, 0.2) is 0 Å². The lowest BCUT2D eigenvalue weighted by molar-refractivity contribution is -0.125. The second-order valence-electron chi connectivity index (χ2n) is 3.50. The summed E-state index contributed by atoms with van der Waals surface area (Å²) in [5.41, 5.74) is 0. The molecule has 0 heterocycles. The average Bonchev–Trinajstić information content (AvgIpc) is 2.21. The maximum absolute atomic E-state index is 8.83. The summed E-state index contributed by atoms with van der Waals surface area (Å²) in [6, 6.07) is 0. The minimum Gasteiger partial charge on any atom is -0.368 e. The fourth-order valence-electron chi connectivity index (χ4n) is 1.74. The van der Waals surface area contributed by atoms with Crippen LogP contribution in [0.1, 0.15) is 25.7 Å². The summed E-state index contributed by atoms with van der Waals surface area (Å²) >= 11 is 0. The van der Waals surface area contributed by atoms with Crippen molar-refractivity contribution >= 4 is 6.79 Å². The van der Waals surface area contributed by atoms with Crippen molar-refractivity contribution in [2.45, 2.75) is 38.3 Å². The van der Waals surface area contributed by atoms with Gasteiger partial charge in [0.1, 0.15) is 6.79 Å². The van der Waals surface area contributed by atoms with E-state index in [1.807, 2.05) is 6.79 Å². The average molecular weight is 206 g/mol. The maximum Gasteiger partial charge on any atom is 0.154 e. The molecule has 5 heteroatoms. The molecular weight excluding hydrogens is 188 g/mol. The summed E-state index contributed by atoms with van der Waals surface area (Å²) in [6.07, 6.45) is 0.170. The highest BCUT2D eigenvalue weighted by Crippen LogP contribution is 2.31. The van der Waals surface area contributed by atoms with Crippen LogP contribution in [0, 0.1) is 11.8 Å². The van der Waals surface area contributed by atoms with E-state index in [-0.39, 0.29) is 11.8 Å². The van der Waals surface area contributed by atoms with Crippen molar-refractivity contribution in [1.82, 2.24) is 0 Å². The van der Waals surface area contributed by atoms with Crippen molar-refractivity contribution in [2.75, 3.05) is 0 Å². The van der Waals surface area contributed by atoms with Crippen LogP contribution in [0.3, 0.4) is 0 Å². The van der Waals surface area contributed by atoms with Crippen LogP contribution in [0.2, 0.25) is 0 Å². The zero-order valence-electron chi connectivity index (χ0n) is 8.04. The Kier molecular flexibility index (Phi) is 6.65. The third kappa shape index (κ3) is 4.15. The number of hydrogen-bond acceptors (Lipinski definition) is 5. The summed E-state index contributed by atoms with van der Waals surface area (Å²) in [7, 11) is 0. The molecule has 14 heavy (non-hydrogen) atoms. The van der Waals surface area contributed by atoms with Gasteiger partial charge in [0.25, 0.3) is 0 Å². The molecule has 1 rings (SSSR count). The van der Waals surface area contributed by atoms with Gasteiger partial charge >= 0.3 is 0 Å². The normalized spacial score (nSPS) is 27.3. The van der Waals surface area contributed by atoms with Crippen LogP contribution >= 0.6 is 0 Å². The molecule has 0 aromatic rings. The van der Waals surface area contributed by atoms with E-state index in [0.29, 0.717) is 25.7 Å². The molecule has 0 atom stereocenters. The van der Waals surface area contributed by atoms with Gasteiger partial charge in [-0.15, -0.1) is 0 Å². The number of carbonyl (C=O) groups excluding carboxylic acids is 1. The van der Waals surface area contributed by atoms with Gasteiger partial charge in [-0.2, -0.15) is 0 Å². The first-order valence-electron chi connectivity index (χ1n) is 4.62. The summed E-state index contributed by atoms with van der Waals surface area (Å²) in [4.78, 5) is 8.00. The molecule has 1 aliphatic carbocycles. The van der Waals surface area contributed by atoms with E-state index >= 15 is 0 Å². The highest BCUT2D eigenvalue weighted by Gasteiger charge is 2.28. The highest BCUT2D eigenvalue weighted by atomic mass is 16.5. The van der Waals surface area contributed by atoms with E-state index in [0.717, 1.165) is 0 Å². The Hall–Kier alpha value is -0.490. The molecule has 1 aliphatic rings. The van der Waals surface area contributed by atoms with Crippen LogP contribution in [0.4, 0.5) is 0 Å². The molecule has 0 amide bonds. The van der Waals surface area contributed by atoms with Gasteiger partial charge < -0.3 is 25.2 Å². The Balaban J connectivity index is 0.000000791. The minimum atomic E-state index is -1.25. The summed E-state index contributed by atoms with van der Waals surface area (Å²) in [5.74, 6) is -0.167. The van der Waals surface area contributed by atoms with Gasteiger partial charge in [-0.1, -0.05) is 0 Å². The van der Waals surface area contributed by atoms with Crippen molar-refractivity contribution in [3.63, 3.8) is 0 Å². The molecule has 1 fully saturated rings. The fourth-order valence-corrected chi connectivity index (χ4v) is 1.74. The fraction of sp³-hybridized carbons (Fsp3) is 0.889. The first kappa shape index (κ1) is 13.5. The molecule has 0 unspecified atom stereocenters. The molecule has 5 nitrogen and oxygen atoms in total. The van der Waals surface area contributed by atoms with Crippen LogP contribution in [0.25, 0.3) is 0 Å². The lowest BCUT2D eigenvalue weighted by atomic mass is 9.81. The van der Waals surface area contributed by atoms with Gasteiger partial charge in [-0.05, 0) is 25.7 Å². The standard InChI is InChI=1S/C8H16O4.CH2O/c9-7(10)5-1-2-6(4-3-5)8(11)12;1-2/h5-12H,1-4H2;1H2. The van der Waals surface area contributed by atoms with E-state index in [9.17, 15) is 0 Å². The molecule has 0 spiro atoms. The Labute approximate surface area is 83.0 Å². The molecule has 0 bridgehead atoms. The highest BCUT2D eigenvalue weighted by molar-refractivity contribution is 5.10. The predicted octanol–water partition coefficient (Wildman–Crippen LogP) is -0.771. The van der Waals surface area contributed by atoms with Gasteiger partial charge in [-0.25, -0.2) is 0 Å². The topological polar surface area (TPSA) is 98.0 Å². The van der Waals surface area contributed by atoms with Crippen LogP contribution < -0.4 is 0 Å². The zero-order chi connectivity index (χ0) is 11.1. The van der Waals surface area contributed by atoms with Crippen molar-refractivity contribution < 1.29 is 25.2 Å². The lowest BCUT2D eigenvalue weighted by Crippen LogP contribution is -2.30. The lowest BCUT2D eigenvalue weighted by Gasteiger charge is -2.30. The third-order valence-corrected chi connectivity index (χ3v) is 2.66. The van der Waals surface area contributed by atoms with E-state index in [4.69, 9.17) is 25.2 Å². The molecule has 1 saturated carbocycles. The second-order valence-corrected chi connectivity index (χ2v) is 3.50. The summed E-state index contributed by atoms with van der Waals surface area (Å²) in [6.45, 7) is 2.00. The number of aliphatic hydroxyl groups excluding tert-OH is 2. The van der Waals surface area contributed by atoms with Crippen molar-refractivity contribution in [3.05, 3.63) is 0 Å². The number of rotatable bonds is 2. The summed E-state index contributed by atoms with van der Waals surface area (Å²) in [5, 5.41) is 35.3. The Bertz CT molecular complexity index is 124. The molecule has 0 aromatic heterocycles.